The first-order valence-corrected chi connectivity index (χ1v) is 13.3. The number of nitrogens with two attached hydrogens (primary N) is 1. The summed E-state index contributed by atoms with van der Waals surface area (Å²) >= 11 is 0. The Labute approximate surface area is 219 Å². The maximum atomic E-state index is 12.7. The Bertz CT molecular complexity index is 1100. The van der Waals surface area contributed by atoms with Crippen LogP contribution < -0.4 is 5.73 Å². The van der Waals surface area contributed by atoms with Crippen molar-refractivity contribution in [3.05, 3.63) is 23.3 Å². The fraction of sp³-hybridized carbons (Fsp3) is 0.704. The van der Waals surface area contributed by atoms with Gasteiger partial charge in [0.05, 0.1) is 17.5 Å². The van der Waals surface area contributed by atoms with Gasteiger partial charge < -0.3 is 19.9 Å². The summed E-state index contributed by atoms with van der Waals surface area (Å²) in [6.45, 7) is 14.7. The largest absolute Gasteiger partial charge is 0.550 e. The third-order valence-corrected chi connectivity index (χ3v) is 6.51. The second-order valence-electron chi connectivity index (χ2n) is 11.8. The minimum Gasteiger partial charge on any atom is -0.426 e. The number of imidazole rings is 1. The van der Waals surface area contributed by atoms with Crippen molar-refractivity contribution in [3.63, 3.8) is 0 Å². The summed E-state index contributed by atoms with van der Waals surface area (Å²) in [5.41, 5.74) is 10.3. The van der Waals surface area contributed by atoms with Crippen LogP contribution >= 0.6 is 0 Å². The molecule has 10 heteroatoms. The number of amides is 1. The average Bonchev–Trinajstić information content (AvgIpc) is 3.24. The molecule has 2 heterocycles. The normalized spacial score (nSPS) is 14.7. The van der Waals surface area contributed by atoms with Gasteiger partial charge in [0.25, 0.3) is 0 Å². The summed E-state index contributed by atoms with van der Waals surface area (Å²) < 4.78 is 7.24. The fourth-order valence-electron chi connectivity index (χ4n) is 4.61. The van der Waals surface area contributed by atoms with Crippen LogP contribution in [0.5, 0.6) is 0 Å². The number of rotatable bonds is 7. The SMILES string of the molecule is CC(CN)c1nc2c(c3c1ncn3CCCCN(C(=O)OOC(=O)OC(C)(C)C)C(C)(C)C)CCCC2. The number of pyridine rings is 1. The Morgan fingerprint density at radius 2 is 1.81 bits per heavy atom. The van der Waals surface area contributed by atoms with Gasteiger partial charge in [0.1, 0.15) is 11.1 Å². The summed E-state index contributed by atoms with van der Waals surface area (Å²) in [5.74, 6) is 0.146. The smallest absolute Gasteiger partial charge is 0.426 e. The molecule has 0 radical (unpaired) electrons. The molecule has 2 aromatic rings. The maximum Gasteiger partial charge on any atom is 0.550 e. The van der Waals surface area contributed by atoms with Gasteiger partial charge in [0.15, 0.2) is 0 Å². The van der Waals surface area contributed by atoms with Crippen LogP contribution in [0.2, 0.25) is 0 Å². The number of hydrogen-bond acceptors (Lipinski definition) is 8. The van der Waals surface area contributed by atoms with E-state index in [2.05, 4.69) is 16.4 Å². The number of carbonyl (C=O) groups excluding carboxylic acids is 2. The van der Waals surface area contributed by atoms with Crippen molar-refractivity contribution in [3.8, 4) is 0 Å². The first-order valence-electron chi connectivity index (χ1n) is 13.3. The lowest BCUT2D eigenvalue weighted by molar-refractivity contribution is -0.218. The minimum absolute atomic E-state index is 0.146. The van der Waals surface area contributed by atoms with Crippen LogP contribution in [-0.2, 0) is 33.9 Å². The molecule has 2 aromatic heterocycles. The molecule has 206 valence electrons. The van der Waals surface area contributed by atoms with E-state index in [1.165, 1.54) is 16.8 Å². The van der Waals surface area contributed by atoms with Gasteiger partial charge in [-0.1, -0.05) is 6.92 Å². The Morgan fingerprint density at radius 1 is 1.11 bits per heavy atom. The highest BCUT2D eigenvalue weighted by Gasteiger charge is 2.30. The van der Waals surface area contributed by atoms with Gasteiger partial charge in [0, 0.05) is 36.8 Å². The highest BCUT2D eigenvalue weighted by Crippen LogP contribution is 2.32. The van der Waals surface area contributed by atoms with Crippen LogP contribution in [0, 0.1) is 0 Å². The molecule has 1 aliphatic carbocycles. The van der Waals surface area contributed by atoms with Crippen molar-refractivity contribution in [2.24, 2.45) is 5.73 Å². The third kappa shape index (κ3) is 7.34. The van der Waals surface area contributed by atoms with Gasteiger partial charge in [-0.3, -0.25) is 4.98 Å². The summed E-state index contributed by atoms with van der Waals surface area (Å²) in [6.07, 6.45) is 6.02. The van der Waals surface area contributed by atoms with E-state index in [9.17, 15) is 9.59 Å². The molecule has 0 aromatic carbocycles. The molecular weight excluding hydrogens is 474 g/mol. The van der Waals surface area contributed by atoms with Crippen molar-refractivity contribution in [1.29, 1.82) is 0 Å². The van der Waals surface area contributed by atoms with E-state index in [1.807, 2.05) is 27.1 Å². The molecule has 1 atom stereocenters. The number of carbonyl (C=O) groups is 2. The van der Waals surface area contributed by atoms with Gasteiger partial charge in [-0.25, -0.2) is 19.6 Å². The van der Waals surface area contributed by atoms with E-state index in [0.717, 1.165) is 56.3 Å². The number of fused-ring (bicyclic) bond motifs is 3. The van der Waals surface area contributed by atoms with Gasteiger partial charge in [0.2, 0.25) is 0 Å². The molecule has 1 aliphatic rings. The zero-order chi connectivity index (χ0) is 27.4. The molecule has 0 aliphatic heterocycles. The molecule has 0 saturated heterocycles. The molecular formula is C27H43N5O5. The van der Waals surface area contributed by atoms with E-state index < -0.39 is 23.4 Å². The molecule has 1 amide bonds. The van der Waals surface area contributed by atoms with Crippen molar-refractivity contribution in [2.75, 3.05) is 13.1 Å². The summed E-state index contributed by atoms with van der Waals surface area (Å²) in [6, 6.07) is 0. The van der Waals surface area contributed by atoms with E-state index >= 15 is 0 Å². The van der Waals surface area contributed by atoms with E-state index in [4.69, 9.17) is 25.3 Å². The maximum absolute atomic E-state index is 12.7. The van der Waals surface area contributed by atoms with Crippen molar-refractivity contribution < 1.29 is 24.1 Å². The second kappa shape index (κ2) is 11.7. The highest BCUT2D eigenvalue weighted by molar-refractivity contribution is 5.82. The Morgan fingerprint density at radius 3 is 2.46 bits per heavy atom. The molecule has 0 saturated carbocycles. The molecule has 2 N–H and O–H groups in total. The number of hydrogen-bond donors (Lipinski definition) is 1. The number of ether oxygens (including phenoxy) is 1. The fourth-order valence-corrected chi connectivity index (χ4v) is 4.61. The third-order valence-electron chi connectivity index (χ3n) is 6.51. The zero-order valence-corrected chi connectivity index (χ0v) is 23.4. The number of aryl methyl sites for hydroxylation is 3. The second-order valence-corrected chi connectivity index (χ2v) is 11.8. The molecule has 0 fully saturated rings. The van der Waals surface area contributed by atoms with E-state index in [0.29, 0.717) is 13.1 Å². The number of unbranched alkanes of at least 4 members (excludes halogenated alkanes) is 1. The Kier molecular flexibility index (Phi) is 9.05. The summed E-state index contributed by atoms with van der Waals surface area (Å²) in [7, 11) is 0. The first kappa shape index (κ1) is 28.7. The average molecular weight is 518 g/mol. The first-order chi connectivity index (χ1) is 17.3. The minimum atomic E-state index is -1.05. The van der Waals surface area contributed by atoms with Crippen LogP contribution in [0.15, 0.2) is 6.33 Å². The van der Waals surface area contributed by atoms with E-state index in [-0.39, 0.29) is 5.92 Å². The van der Waals surface area contributed by atoms with Gasteiger partial charge in [-0.15, -0.1) is 0 Å². The van der Waals surface area contributed by atoms with Gasteiger partial charge in [-0.2, -0.15) is 4.79 Å². The predicted octanol–water partition coefficient (Wildman–Crippen LogP) is 5.26. The van der Waals surface area contributed by atoms with Crippen molar-refractivity contribution >= 4 is 23.3 Å². The van der Waals surface area contributed by atoms with Crippen LogP contribution in [-0.4, -0.2) is 55.9 Å². The van der Waals surface area contributed by atoms with Gasteiger partial charge >= 0.3 is 12.2 Å². The van der Waals surface area contributed by atoms with Crippen molar-refractivity contribution in [2.45, 2.75) is 111 Å². The summed E-state index contributed by atoms with van der Waals surface area (Å²) in [4.78, 5) is 45.1. The Balaban J connectivity index is 1.66. The van der Waals surface area contributed by atoms with Gasteiger partial charge in [-0.05, 0) is 85.6 Å². The molecule has 0 spiro atoms. The lowest BCUT2D eigenvalue weighted by Crippen LogP contribution is -2.46. The highest BCUT2D eigenvalue weighted by atomic mass is 17.2. The number of nitrogens with zero attached hydrogens (tertiary/aromatic N) is 4. The van der Waals surface area contributed by atoms with E-state index in [1.54, 1.807) is 25.7 Å². The van der Waals surface area contributed by atoms with Crippen LogP contribution in [0.3, 0.4) is 0 Å². The summed E-state index contributed by atoms with van der Waals surface area (Å²) in [5, 5.41) is 0. The Hall–Kier alpha value is -2.88. The quantitative estimate of drug-likeness (QED) is 0.228. The lowest BCUT2D eigenvalue weighted by atomic mass is 9.92. The van der Waals surface area contributed by atoms with Crippen molar-refractivity contribution in [1.82, 2.24) is 19.4 Å². The monoisotopic (exact) mass is 517 g/mol. The topological polar surface area (TPSA) is 122 Å². The molecule has 0 bridgehead atoms. The molecule has 1 unspecified atom stereocenters. The molecule has 3 rings (SSSR count). The van der Waals surface area contributed by atoms with Crippen LogP contribution in [0.1, 0.15) is 97.0 Å². The standard InChI is InChI=1S/C27H43N5O5/c1-18(16-28)21-22-23(19-12-8-9-13-20(19)30-21)31(17-29-22)14-10-11-15-32(26(2,3)4)24(33)36-37-25(34)35-27(5,6)7/h17-18H,8-16,28H2,1-7H3. The van der Waals surface area contributed by atoms with Crippen LogP contribution in [0.4, 0.5) is 9.59 Å². The molecule has 37 heavy (non-hydrogen) atoms. The zero-order valence-electron chi connectivity index (χ0n) is 23.4. The van der Waals surface area contributed by atoms with Crippen LogP contribution in [0.25, 0.3) is 11.0 Å². The predicted molar refractivity (Wildman–Crippen MR) is 141 cm³/mol. The molecule has 10 nitrogen and oxygen atoms in total. The lowest BCUT2D eigenvalue weighted by Gasteiger charge is -2.33. The number of aromatic nitrogens is 3.